The second-order valence-electron chi connectivity index (χ2n) is 10.2. The molecule has 2 atom stereocenters. The highest BCUT2D eigenvalue weighted by atomic mass is 16.5. The Bertz CT molecular complexity index is 1280. The van der Waals surface area contributed by atoms with Crippen LogP contribution in [0, 0.1) is 0 Å². The quantitative estimate of drug-likeness (QED) is 0.633. The first kappa shape index (κ1) is 22.9. The average molecular weight is 489 g/mol. The minimum Gasteiger partial charge on any atom is -0.487 e. The molecule has 4 heterocycles. The Morgan fingerprint density at radius 3 is 2.56 bits per heavy atom. The third-order valence-corrected chi connectivity index (χ3v) is 7.95. The van der Waals surface area contributed by atoms with Gasteiger partial charge in [-0.05, 0) is 37.0 Å². The third kappa shape index (κ3) is 3.70. The molecule has 2 fully saturated rings. The first-order valence-electron chi connectivity index (χ1n) is 12.4. The molecule has 3 N–H and O–H groups in total. The Hall–Kier alpha value is -3.56. The van der Waals surface area contributed by atoms with E-state index in [0.29, 0.717) is 17.7 Å². The summed E-state index contributed by atoms with van der Waals surface area (Å²) >= 11 is 0. The van der Waals surface area contributed by atoms with Gasteiger partial charge in [0.2, 0.25) is 11.8 Å². The van der Waals surface area contributed by atoms with E-state index in [1.54, 1.807) is 12.1 Å². The van der Waals surface area contributed by atoms with Crippen molar-refractivity contribution in [3.63, 3.8) is 0 Å². The van der Waals surface area contributed by atoms with Gasteiger partial charge in [-0.1, -0.05) is 30.3 Å². The van der Waals surface area contributed by atoms with Crippen molar-refractivity contribution < 1.29 is 23.9 Å². The maximum absolute atomic E-state index is 13.4. The number of nitrogens with zero attached hydrogens (tertiary/aromatic N) is 2. The van der Waals surface area contributed by atoms with Gasteiger partial charge in [0.1, 0.15) is 17.4 Å². The number of amides is 4. The molecule has 0 aliphatic carbocycles. The molecule has 0 aromatic heterocycles. The number of rotatable bonds is 3. The number of fused-ring (bicyclic) bond motifs is 2. The van der Waals surface area contributed by atoms with Crippen LogP contribution in [0.15, 0.2) is 42.5 Å². The number of ether oxygens (including phenoxy) is 1. The molecule has 4 aliphatic rings. The molecule has 2 aromatic rings. The van der Waals surface area contributed by atoms with Crippen molar-refractivity contribution in [1.82, 2.24) is 15.1 Å². The summed E-state index contributed by atoms with van der Waals surface area (Å²) < 4.78 is 6.46. The topological polar surface area (TPSA) is 122 Å². The first-order valence-corrected chi connectivity index (χ1v) is 12.4. The van der Waals surface area contributed by atoms with Gasteiger partial charge in [0.05, 0.1) is 11.1 Å². The van der Waals surface area contributed by atoms with Crippen molar-refractivity contribution in [2.45, 2.75) is 56.3 Å². The fraction of sp³-hybridized carbons (Fsp3) is 0.407. The molecule has 36 heavy (non-hydrogen) atoms. The minimum atomic E-state index is -0.965. The zero-order valence-corrected chi connectivity index (χ0v) is 19.9. The maximum atomic E-state index is 13.4. The van der Waals surface area contributed by atoms with Crippen LogP contribution in [0.5, 0.6) is 5.75 Å². The molecule has 4 aliphatic heterocycles. The molecule has 9 heteroatoms. The molecule has 2 aromatic carbocycles. The number of carbonyl (C=O) groups excluding carboxylic acids is 4. The van der Waals surface area contributed by atoms with E-state index in [1.165, 1.54) is 0 Å². The number of benzene rings is 2. The van der Waals surface area contributed by atoms with Crippen LogP contribution in [0.2, 0.25) is 0 Å². The second kappa shape index (κ2) is 8.53. The first-order chi connectivity index (χ1) is 17.3. The minimum absolute atomic E-state index is 0.0548. The van der Waals surface area contributed by atoms with E-state index in [0.717, 1.165) is 54.1 Å². The van der Waals surface area contributed by atoms with Crippen molar-refractivity contribution >= 4 is 23.6 Å². The normalized spacial score (nSPS) is 25.4. The summed E-state index contributed by atoms with van der Waals surface area (Å²) in [5, 5.41) is 2.24. The van der Waals surface area contributed by atoms with Gasteiger partial charge in [-0.3, -0.25) is 34.3 Å². The number of para-hydroxylation sites is 1. The van der Waals surface area contributed by atoms with Crippen LogP contribution in [-0.2, 0) is 16.1 Å². The van der Waals surface area contributed by atoms with E-state index >= 15 is 0 Å². The summed E-state index contributed by atoms with van der Waals surface area (Å²) in [6.45, 7) is 2.07. The van der Waals surface area contributed by atoms with Crippen LogP contribution in [0.1, 0.15) is 70.0 Å². The summed E-state index contributed by atoms with van der Waals surface area (Å²) in [6.07, 6.45) is 2.65. The Balaban J connectivity index is 1.17. The number of imide groups is 2. The van der Waals surface area contributed by atoms with Gasteiger partial charge in [-0.15, -0.1) is 0 Å². The fourth-order valence-electron chi connectivity index (χ4n) is 6.05. The molecule has 0 radical (unpaired) electrons. The standard InChI is InChI=1S/C27H28N4O5/c28-19-14-27(36-21-7-2-1-5-17(19)21)10-12-30(13-11-27)15-16-4-3-6-18-23(16)26(35)31(25(18)34)20-8-9-22(32)29-24(20)33/h1-7,19-20H,8-15,28H2,(H,29,32,33). The molecular weight excluding hydrogens is 460 g/mol. The largest absolute Gasteiger partial charge is 0.487 e. The average Bonchev–Trinajstić information content (AvgIpc) is 3.11. The third-order valence-electron chi connectivity index (χ3n) is 7.95. The Morgan fingerprint density at radius 2 is 1.78 bits per heavy atom. The highest BCUT2D eigenvalue weighted by Gasteiger charge is 2.46. The van der Waals surface area contributed by atoms with Gasteiger partial charge >= 0.3 is 0 Å². The zero-order chi connectivity index (χ0) is 25.0. The molecule has 186 valence electrons. The van der Waals surface area contributed by atoms with Crippen LogP contribution in [-0.4, -0.2) is 58.2 Å². The van der Waals surface area contributed by atoms with Crippen LogP contribution in [0.3, 0.4) is 0 Å². The van der Waals surface area contributed by atoms with E-state index in [4.69, 9.17) is 10.5 Å². The van der Waals surface area contributed by atoms with Gasteiger partial charge in [0.25, 0.3) is 11.8 Å². The summed E-state index contributed by atoms with van der Waals surface area (Å²) in [5.41, 5.74) is 8.67. The lowest BCUT2D eigenvalue weighted by Gasteiger charge is -2.46. The van der Waals surface area contributed by atoms with Gasteiger partial charge < -0.3 is 10.5 Å². The summed E-state index contributed by atoms with van der Waals surface area (Å²) in [7, 11) is 0. The monoisotopic (exact) mass is 488 g/mol. The van der Waals surface area contributed by atoms with E-state index in [-0.39, 0.29) is 30.4 Å². The molecule has 2 unspecified atom stereocenters. The number of hydrogen-bond donors (Lipinski definition) is 2. The molecule has 0 saturated carbocycles. The summed E-state index contributed by atoms with van der Waals surface area (Å²) in [6, 6.07) is 12.2. The molecular formula is C27H28N4O5. The van der Waals surface area contributed by atoms with Crippen molar-refractivity contribution in [2.24, 2.45) is 5.73 Å². The van der Waals surface area contributed by atoms with E-state index in [9.17, 15) is 19.2 Å². The highest BCUT2D eigenvalue weighted by molar-refractivity contribution is 6.24. The predicted molar refractivity (Wildman–Crippen MR) is 129 cm³/mol. The molecule has 6 rings (SSSR count). The lowest BCUT2D eigenvalue weighted by Crippen LogP contribution is -2.54. The molecule has 1 spiro atoms. The maximum Gasteiger partial charge on any atom is 0.262 e. The fourth-order valence-corrected chi connectivity index (χ4v) is 6.05. The number of nitrogens with one attached hydrogen (secondary N) is 1. The number of nitrogens with two attached hydrogens (primary N) is 1. The lowest BCUT2D eigenvalue weighted by atomic mass is 9.81. The Morgan fingerprint density at radius 1 is 1.00 bits per heavy atom. The van der Waals surface area contributed by atoms with Gasteiger partial charge in [-0.25, -0.2) is 0 Å². The van der Waals surface area contributed by atoms with Crippen molar-refractivity contribution in [2.75, 3.05) is 13.1 Å². The van der Waals surface area contributed by atoms with Crippen molar-refractivity contribution in [1.29, 1.82) is 0 Å². The molecule has 2 saturated heterocycles. The summed E-state index contributed by atoms with van der Waals surface area (Å²) in [4.78, 5) is 53.7. The van der Waals surface area contributed by atoms with Crippen LogP contribution in [0.25, 0.3) is 0 Å². The van der Waals surface area contributed by atoms with Crippen molar-refractivity contribution in [3.8, 4) is 5.75 Å². The number of piperidine rings is 2. The Kier molecular flexibility index (Phi) is 5.42. The van der Waals surface area contributed by atoms with E-state index in [1.807, 2.05) is 30.3 Å². The smallest absolute Gasteiger partial charge is 0.262 e. The van der Waals surface area contributed by atoms with Gasteiger partial charge in [0, 0.05) is 44.1 Å². The highest BCUT2D eigenvalue weighted by Crippen LogP contribution is 2.43. The van der Waals surface area contributed by atoms with E-state index < -0.39 is 23.8 Å². The summed E-state index contributed by atoms with van der Waals surface area (Å²) in [5.74, 6) is -1.07. The number of likely N-dealkylation sites (tertiary alicyclic amines) is 1. The lowest BCUT2D eigenvalue weighted by molar-refractivity contribution is -0.136. The van der Waals surface area contributed by atoms with Gasteiger partial charge in [0.15, 0.2) is 0 Å². The van der Waals surface area contributed by atoms with Crippen LogP contribution in [0.4, 0.5) is 0 Å². The molecule has 9 nitrogen and oxygen atoms in total. The number of hydrogen-bond acceptors (Lipinski definition) is 7. The van der Waals surface area contributed by atoms with Crippen LogP contribution < -0.4 is 15.8 Å². The molecule has 0 bridgehead atoms. The number of carbonyl (C=O) groups is 4. The molecule has 4 amide bonds. The predicted octanol–water partition coefficient (Wildman–Crippen LogP) is 1.90. The Labute approximate surface area is 208 Å². The SMILES string of the molecule is NC1CC2(CCN(Cc3cccc4c3C(=O)N(C3CCC(=O)NC3=O)C4=O)CC2)Oc2ccccc21. The van der Waals surface area contributed by atoms with Crippen LogP contribution >= 0.6 is 0 Å². The van der Waals surface area contributed by atoms with Gasteiger partial charge in [-0.2, -0.15) is 0 Å². The zero-order valence-electron chi connectivity index (χ0n) is 19.9. The van der Waals surface area contributed by atoms with E-state index in [2.05, 4.69) is 10.2 Å². The van der Waals surface area contributed by atoms with Crippen molar-refractivity contribution in [3.05, 3.63) is 64.7 Å². The second-order valence-corrected chi connectivity index (χ2v) is 10.2.